The first-order valence-corrected chi connectivity index (χ1v) is 10.2. The highest BCUT2D eigenvalue weighted by Gasteiger charge is 2.30. The molecule has 3 aromatic carbocycles. The summed E-state index contributed by atoms with van der Waals surface area (Å²) in [6, 6.07) is 16.2. The molecule has 0 bridgehead atoms. The summed E-state index contributed by atoms with van der Waals surface area (Å²) in [7, 11) is -3.82. The zero-order valence-electron chi connectivity index (χ0n) is 15.7. The zero-order valence-corrected chi connectivity index (χ0v) is 16.5. The van der Waals surface area contributed by atoms with Gasteiger partial charge in [-0.25, -0.2) is 8.42 Å². The highest BCUT2D eigenvalue weighted by molar-refractivity contribution is 7.92. The molecule has 156 valence electrons. The molecule has 1 amide bonds. The van der Waals surface area contributed by atoms with E-state index in [0.717, 1.165) is 29.8 Å². The molecule has 2 N–H and O–H groups in total. The molecule has 0 fully saturated rings. The Morgan fingerprint density at radius 3 is 2.03 bits per heavy atom. The number of nitrogens with one attached hydrogen (secondary N) is 2. The summed E-state index contributed by atoms with van der Waals surface area (Å²) in [6.07, 6.45) is -4.48. The van der Waals surface area contributed by atoms with Crippen molar-refractivity contribution in [2.24, 2.45) is 0 Å². The largest absolute Gasteiger partial charge is 0.416 e. The van der Waals surface area contributed by atoms with Crippen molar-refractivity contribution in [2.75, 3.05) is 10.0 Å². The number of sulfonamides is 1. The first kappa shape index (κ1) is 21.4. The van der Waals surface area contributed by atoms with Gasteiger partial charge < -0.3 is 5.32 Å². The van der Waals surface area contributed by atoms with Gasteiger partial charge in [-0.3, -0.25) is 9.52 Å². The summed E-state index contributed by atoms with van der Waals surface area (Å²) in [5, 5.41) is 2.52. The third-order valence-electron chi connectivity index (χ3n) is 4.29. The topological polar surface area (TPSA) is 75.3 Å². The Morgan fingerprint density at radius 2 is 1.47 bits per heavy atom. The molecule has 0 aliphatic carbocycles. The van der Waals surface area contributed by atoms with Crippen LogP contribution in [0.25, 0.3) is 0 Å². The van der Waals surface area contributed by atoms with Gasteiger partial charge >= 0.3 is 6.18 Å². The number of aryl methyl sites for hydroxylation is 1. The van der Waals surface area contributed by atoms with E-state index >= 15 is 0 Å². The smallest absolute Gasteiger partial charge is 0.322 e. The van der Waals surface area contributed by atoms with Crippen molar-refractivity contribution in [3.05, 3.63) is 89.5 Å². The Kier molecular flexibility index (Phi) is 5.84. The van der Waals surface area contributed by atoms with Crippen LogP contribution < -0.4 is 10.0 Å². The lowest BCUT2D eigenvalue weighted by Gasteiger charge is -2.11. The predicted molar refractivity (Wildman–Crippen MR) is 108 cm³/mol. The molecule has 0 spiro atoms. The number of para-hydroxylation sites is 1. The van der Waals surface area contributed by atoms with E-state index in [1.54, 1.807) is 31.2 Å². The van der Waals surface area contributed by atoms with Crippen molar-refractivity contribution in [1.82, 2.24) is 0 Å². The predicted octanol–water partition coefficient (Wildman–Crippen LogP) is 5.07. The van der Waals surface area contributed by atoms with E-state index in [-0.39, 0.29) is 10.5 Å². The molecule has 9 heteroatoms. The summed E-state index contributed by atoms with van der Waals surface area (Å²) < 4.78 is 65.4. The van der Waals surface area contributed by atoms with Crippen LogP contribution in [0.3, 0.4) is 0 Å². The van der Waals surface area contributed by atoms with Gasteiger partial charge in [0, 0.05) is 11.3 Å². The lowest BCUT2D eigenvalue weighted by atomic mass is 10.1. The van der Waals surface area contributed by atoms with Gasteiger partial charge in [0.1, 0.15) is 0 Å². The van der Waals surface area contributed by atoms with Crippen molar-refractivity contribution in [3.8, 4) is 0 Å². The molecule has 30 heavy (non-hydrogen) atoms. The second-order valence-corrected chi connectivity index (χ2v) is 8.16. The normalized spacial score (nSPS) is 11.7. The fraction of sp³-hybridized carbons (Fsp3) is 0.0952. The average Bonchev–Trinajstić information content (AvgIpc) is 2.69. The number of alkyl halides is 3. The van der Waals surface area contributed by atoms with Crippen LogP contribution in [0.4, 0.5) is 24.5 Å². The van der Waals surface area contributed by atoms with Crippen molar-refractivity contribution >= 4 is 27.3 Å². The van der Waals surface area contributed by atoms with Crippen LogP contribution in [0.5, 0.6) is 0 Å². The van der Waals surface area contributed by atoms with Crippen LogP contribution in [0.1, 0.15) is 21.5 Å². The zero-order chi connectivity index (χ0) is 21.9. The third-order valence-corrected chi connectivity index (χ3v) is 5.67. The fourth-order valence-corrected chi connectivity index (χ4v) is 3.75. The van der Waals surface area contributed by atoms with Crippen LogP contribution in [0, 0.1) is 6.92 Å². The molecule has 0 heterocycles. The van der Waals surface area contributed by atoms with E-state index < -0.39 is 27.7 Å². The molecule has 3 aromatic rings. The van der Waals surface area contributed by atoms with Gasteiger partial charge in [0.15, 0.2) is 0 Å². The SMILES string of the molecule is Cc1ccccc1NS(=O)(=O)c1ccc(NC(=O)c2ccc(C(F)(F)F)cc2)cc1. The van der Waals surface area contributed by atoms with E-state index in [4.69, 9.17) is 0 Å². The number of amides is 1. The number of rotatable bonds is 5. The van der Waals surface area contributed by atoms with Crippen LogP contribution in [0.2, 0.25) is 0 Å². The highest BCUT2D eigenvalue weighted by Crippen LogP contribution is 2.29. The molecule has 3 rings (SSSR count). The van der Waals surface area contributed by atoms with Crippen molar-refractivity contribution in [2.45, 2.75) is 18.0 Å². The lowest BCUT2D eigenvalue weighted by molar-refractivity contribution is -0.137. The van der Waals surface area contributed by atoms with E-state index in [2.05, 4.69) is 10.0 Å². The molecular weight excluding hydrogens is 417 g/mol. The van der Waals surface area contributed by atoms with Crippen LogP contribution >= 0.6 is 0 Å². The Bertz CT molecular complexity index is 1160. The maximum atomic E-state index is 12.6. The fourth-order valence-electron chi connectivity index (χ4n) is 2.62. The van der Waals surface area contributed by atoms with Gasteiger partial charge in [0.25, 0.3) is 15.9 Å². The van der Waals surface area contributed by atoms with Crippen LogP contribution in [-0.2, 0) is 16.2 Å². The molecule has 0 unspecified atom stereocenters. The highest BCUT2D eigenvalue weighted by atomic mass is 32.2. The molecule has 0 aliphatic heterocycles. The minimum Gasteiger partial charge on any atom is -0.322 e. The number of carbonyl (C=O) groups excluding carboxylic acids is 1. The molecular formula is C21H17F3N2O3S. The number of hydrogen-bond donors (Lipinski definition) is 2. The van der Waals surface area contributed by atoms with E-state index in [1.807, 2.05) is 0 Å². The Morgan fingerprint density at radius 1 is 0.867 bits per heavy atom. The second kappa shape index (κ2) is 8.19. The van der Waals surface area contributed by atoms with Gasteiger partial charge in [0.05, 0.1) is 16.1 Å². The van der Waals surface area contributed by atoms with Crippen LogP contribution in [0.15, 0.2) is 77.7 Å². The second-order valence-electron chi connectivity index (χ2n) is 6.47. The van der Waals surface area contributed by atoms with Crippen LogP contribution in [-0.4, -0.2) is 14.3 Å². The summed E-state index contributed by atoms with van der Waals surface area (Å²) in [4.78, 5) is 12.2. The maximum Gasteiger partial charge on any atom is 0.416 e. The molecule has 0 saturated heterocycles. The van der Waals surface area contributed by atoms with Gasteiger partial charge in [-0.05, 0) is 67.1 Å². The first-order valence-electron chi connectivity index (χ1n) is 8.73. The van der Waals surface area contributed by atoms with E-state index in [1.165, 1.54) is 24.3 Å². The van der Waals surface area contributed by atoms with Gasteiger partial charge in [-0.2, -0.15) is 13.2 Å². The molecule has 0 aliphatic rings. The number of hydrogen-bond acceptors (Lipinski definition) is 3. The standard InChI is InChI=1S/C21H17F3N2O3S/c1-14-4-2-3-5-19(14)26-30(28,29)18-12-10-17(11-13-18)25-20(27)15-6-8-16(9-7-15)21(22,23)24/h2-13,26H,1H3,(H,25,27). The van der Waals surface area contributed by atoms with Gasteiger partial charge in [-0.1, -0.05) is 18.2 Å². The molecule has 0 atom stereocenters. The monoisotopic (exact) mass is 434 g/mol. The number of anilines is 2. The van der Waals surface area contributed by atoms with E-state index in [9.17, 15) is 26.4 Å². The average molecular weight is 434 g/mol. The Balaban J connectivity index is 1.71. The number of halogens is 3. The Hall–Kier alpha value is -3.33. The van der Waals surface area contributed by atoms with Gasteiger partial charge in [-0.15, -0.1) is 0 Å². The number of benzene rings is 3. The van der Waals surface area contributed by atoms with Crippen molar-refractivity contribution in [1.29, 1.82) is 0 Å². The van der Waals surface area contributed by atoms with Gasteiger partial charge in [0.2, 0.25) is 0 Å². The van der Waals surface area contributed by atoms with Crippen molar-refractivity contribution in [3.63, 3.8) is 0 Å². The maximum absolute atomic E-state index is 12.6. The quantitative estimate of drug-likeness (QED) is 0.589. The third kappa shape index (κ3) is 4.98. The van der Waals surface area contributed by atoms with Crippen molar-refractivity contribution < 1.29 is 26.4 Å². The van der Waals surface area contributed by atoms with E-state index in [0.29, 0.717) is 11.4 Å². The molecule has 5 nitrogen and oxygen atoms in total. The molecule has 0 radical (unpaired) electrons. The summed E-state index contributed by atoms with van der Waals surface area (Å²) in [6.45, 7) is 1.78. The summed E-state index contributed by atoms with van der Waals surface area (Å²) in [5.74, 6) is -0.614. The molecule has 0 aromatic heterocycles. The molecule has 0 saturated carbocycles. The lowest BCUT2D eigenvalue weighted by Crippen LogP contribution is -2.15. The first-order chi connectivity index (χ1) is 14.1. The number of carbonyl (C=O) groups is 1. The Labute approximate surface area is 171 Å². The minimum absolute atomic E-state index is 0.00159. The summed E-state index contributed by atoms with van der Waals surface area (Å²) in [5.41, 5.74) is 0.712. The minimum atomic E-state index is -4.48. The summed E-state index contributed by atoms with van der Waals surface area (Å²) >= 11 is 0.